The summed E-state index contributed by atoms with van der Waals surface area (Å²) in [5.74, 6) is -1.23. The molecular weight excluding hydrogens is 364 g/mol. The van der Waals surface area contributed by atoms with Crippen molar-refractivity contribution in [1.29, 1.82) is 0 Å². The van der Waals surface area contributed by atoms with Crippen molar-refractivity contribution in [2.45, 2.75) is 46.1 Å². The van der Waals surface area contributed by atoms with E-state index >= 15 is 0 Å². The van der Waals surface area contributed by atoms with Crippen LogP contribution in [0.25, 0.3) is 5.57 Å². The summed E-state index contributed by atoms with van der Waals surface area (Å²) in [6.45, 7) is 5.73. The number of rotatable bonds is 10. The lowest BCUT2D eigenvalue weighted by molar-refractivity contribution is -0.143. The van der Waals surface area contributed by atoms with E-state index in [-0.39, 0.29) is 5.69 Å². The van der Waals surface area contributed by atoms with Crippen molar-refractivity contribution >= 4 is 28.8 Å². The van der Waals surface area contributed by atoms with E-state index in [0.29, 0.717) is 5.01 Å². The highest BCUT2D eigenvalue weighted by atomic mass is 32.1. The van der Waals surface area contributed by atoms with Crippen molar-refractivity contribution in [3.05, 3.63) is 46.0 Å². The predicted octanol–water partition coefficient (Wildman–Crippen LogP) is 3.50. The molecule has 1 amide bonds. The van der Waals surface area contributed by atoms with E-state index in [1.165, 1.54) is 24.0 Å². The molecule has 148 valence electrons. The number of ether oxygens (including phenoxy) is 1. The Bertz CT molecular complexity index is 719. The third-order valence-electron chi connectivity index (χ3n) is 3.68. The fraction of sp³-hybridized carbons (Fsp3) is 0.450. The molecule has 27 heavy (non-hydrogen) atoms. The van der Waals surface area contributed by atoms with Crippen LogP contribution >= 0.6 is 11.3 Å². The van der Waals surface area contributed by atoms with Gasteiger partial charge in [-0.15, -0.1) is 11.3 Å². The van der Waals surface area contributed by atoms with E-state index in [1.807, 2.05) is 18.2 Å². The zero-order chi connectivity index (χ0) is 20.2. The van der Waals surface area contributed by atoms with E-state index in [2.05, 4.69) is 41.9 Å². The zero-order valence-corrected chi connectivity index (χ0v) is 17.1. The number of methoxy groups -OCH3 is 1. The van der Waals surface area contributed by atoms with Crippen LogP contribution in [0, 0.1) is 0 Å². The molecule has 0 radical (unpaired) electrons. The topological polar surface area (TPSA) is 88.5 Å². The number of nitrogens with zero attached hydrogens (tertiary/aromatic N) is 1. The number of carbonyl (C=O) groups is 2. The normalized spacial score (nSPS) is 13.7. The summed E-state index contributed by atoms with van der Waals surface area (Å²) < 4.78 is 4.55. The Kier molecular flexibility index (Phi) is 10.3. The third kappa shape index (κ3) is 7.48. The number of aliphatic hydroxyl groups excluding tert-OH is 1. The second-order valence-corrected chi connectivity index (χ2v) is 6.82. The van der Waals surface area contributed by atoms with E-state index in [0.717, 1.165) is 24.8 Å². The summed E-state index contributed by atoms with van der Waals surface area (Å²) in [5.41, 5.74) is 2.39. The van der Waals surface area contributed by atoms with Crippen LogP contribution in [0.1, 0.15) is 55.5 Å². The van der Waals surface area contributed by atoms with Crippen LogP contribution in [0.3, 0.4) is 0 Å². The fourth-order valence-electron chi connectivity index (χ4n) is 2.22. The fourth-order valence-corrected chi connectivity index (χ4v) is 3.02. The van der Waals surface area contributed by atoms with Gasteiger partial charge in [-0.25, -0.2) is 9.78 Å². The molecule has 1 heterocycles. The van der Waals surface area contributed by atoms with Crippen molar-refractivity contribution in [2.24, 2.45) is 0 Å². The molecule has 0 saturated heterocycles. The minimum Gasteiger partial charge on any atom is -0.467 e. The Labute approximate surface area is 164 Å². The minimum atomic E-state index is -1.11. The van der Waals surface area contributed by atoms with E-state index < -0.39 is 24.5 Å². The average Bonchev–Trinajstić information content (AvgIpc) is 3.15. The van der Waals surface area contributed by atoms with Gasteiger partial charge in [-0.05, 0) is 19.8 Å². The molecule has 1 aromatic rings. The van der Waals surface area contributed by atoms with Gasteiger partial charge in [-0.1, -0.05) is 50.1 Å². The second kappa shape index (κ2) is 12.2. The lowest BCUT2D eigenvalue weighted by atomic mass is 10.1. The zero-order valence-electron chi connectivity index (χ0n) is 16.3. The molecule has 0 bridgehead atoms. The van der Waals surface area contributed by atoms with E-state index in [1.54, 1.807) is 5.38 Å². The van der Waals surface area contributed by atoms with Crippen LogP contribution in [-0.2, 0) is 9.53 Å². The van der Waals surface area contributed by atoms with Gasteiger partial charge in [0.05, 0.1) is 13.7 Å². The second-order valence-electron chi connectivity index (χ2n) is 5.97. The standard InChI is InChI=1S/C20H28N2O4S/c1-5-7-9-15(11-10-14(3)8-6-2)19-22-17(13-27-19)18(24)21-16(12-23)20(25)26-4/h7,9-11,13,16,23H,5-6,8,12H2,1-4H3,(H,21,24)/b9-7-,14-10+,15-11+. The molecular formula is C20H28N2O4S. The molecule has 0 fully saturated rings. The van der Waals surface area contributed by atoms with Gasteiger partial charge in [0, 0.05) is 11.0 Å². The number of aromatic nitrogens is 1. The van der Waals surface area contributed by atoms with Crippen LogP contribution in [0.4, 0.5) is 0 Å². The summed E-state index contributed by atoms with van der Waals surface area (Å²) in [6, 6.07) is -1.11. The van der Waals surface area contributed by atoms with Gasteiger partial charge in [0.1, 0.15) is 10.7 Å². The van der Waals surface area contributed by atoms with Gasteiger partial charge in [0.2, 0.25) is 0 Å². The number of carbonyl (C=O) groups excluding carboxylic acids is 2. The first-order chi connectivity index (χ1) is 13.0. The highest BCUT2D eigenvalue weighted by molar-refractivity contribution is 7.11. The van der Waals surface area contributed by atoms with Gasteiger partial charge in [0.15, 0.2) is 6.04 Å². The SMILES string of the molecule is CC\C=C/C(=C\C=C(/C)CCC)c1nc(C(=O)NC(CO)C(=O)OC)cs1. The number of allylic oxidation sites excluding steroid dienone is 6. The molecule has 0 aromatic carbocycles. The highest BCUT2D eigenvalue weighted by Crippen LogP contribution is 2.22. The number of aliphatic hydroxyl groups is 1. The molecule has 1 atom stereocenters. The summed E-state index contributed by atoms with van der Waals surface area (Å²) in [5, 5.41) is 14.0. The predicted molar refractivity (Wildman–Crippen MR) is 109 cm³/mol. The quantitative estimate of drug-likeness (QED) is 0.470. The molecule has 0 aliphatic carbocycles. The molecule has 1 rings (SSSR count). The molecule has 2 N–H and O–H groups in total. The number of thiazole rings is 1. The maximum Gasteiger partial charge on any atom is 0.330 e. The van der Waals surface area contributed by atoms with E-state index in [9.17, 15) is 14.7 Å². The minimum absolute atomic E-state index is 0.197. The van der Waals surface area contributed by atoms with Crippen LogP contribution in [-0.4, -0.2) is 41.7 Å². The van der Waals surface area contributed by atoms with Gasteiger partial charge >= 0.3 is 5.97 Å². The van der Waals surface area contributed by atoms with Crippen molar-refractivity contribution in [1.82, 2.24) is 10.3 Å². The number of esters is 1. The average molecular weight is 393 g/mol. The molecule has 1 unspecified atom stereocenters. The third-order valence-corrected chi connectivity index (χ3v) is 4.57. The Hall–Kier alpha value is -2.25. The van der Waals surface area contributed by atoms with Crippen molar-refractivity contribution in [3.63, 3.8) is 0 Å². The molecule has 6 nitrogen and oxygen atoms in total. The summed E-state index contributed by atoms with van der Waals surface area (Å²) in [4.78, 5) is 28.2. The molecule has 0 aliphatic heterocycles. The first kappa shape index (κ1) is 22.8. The molecule has 0 spiro atoms. The Morgan fingerprint density at radius 1 is 1.37 bits per heavy atom. The lowest BCUT2D eigenvalue weighted by Gasteiger charge is -2.12. The number of nitrogens with one attached hydrogen (secondary N) is 1. The molecule has 0 aliphatic rings. The summed E-state index contributed by atoms with van der Waals surface area (Å²) >= 11 is 1.35. The van der Waals surface area contributed by atoms with Crippen molar-refractivity contribution < 1.29 is 19.4 Å². The van der Waals surface area contributed by atoms with E-state index in [4.69, 9.17) is 0 Å². The Balaban J connectivity index is 3.02. The van der Waals surface area contributed by atoms with Crippen molar-refractivity contribution in [3.8, 4) is 0 Å². The molecule has 7 heteroatoms. The van der Waals surface area contributed by atoms with Gasteiger partial charge in [-0.3, -0.25) is 4.79 Å². The number of amides is 1. The monoisotopic (exact) mass is 392 g/mol. The van der Waals surface area contributed by atoms with Crippen LogP contribution in [0.5, 0.6) is 0 Å². The summed E-state index contributed by atoms with van der Waals surface area (Å²) in [7, 11) is 1.20. The first-order valence-electron chi connectivity index (χ1n) is 8.96. The maximum atomic E-state index is 12.3. The lowest BCUT2D eigenvalue weighted by Crippen LogP contribution is -2.44. The van der Waals surface area contributed by atoms with Gasteiger partial charge < -0.3 is 15.2 Å². The summed E-state index contributed by atoms with van der Waals surface area (Å²) in [6.07, 6.45) is 11.1. The van der Waals surface area contributed by atoms with Gasteiger partial charge in [-0.2, -0.15) is 0 Å². The Morgan fingerprint density at radius 3 is 2.70 bits per heavy atom. The van der Waals surface area contributed by atoms with Crippen LogP contribution in [0.2, 0.25) is 0 Å². The first-order valence-corrected chi connectivity index (χ1v) is 9.84. The largest absolute Gasteiger partial charge is 0.467 e. The van der Waals surface area contributed by atoms with Gasteiger partial charge in [0.25, 0.3) is 5.91 Å². The smallest absolute Gasteiger partial charge is 0.330 e. The highest BCUT2D eigenvalue weighted by Gasteiger charge is 2.22. The number of hydrogen-bond donors (Lipinski definition) is 2. The maximum absolute atomic E-state index is 12.3. The molecule has 1 aromatic heterocycles. The van der Waals surface area contributed by atoms with Crippen LogP contribution in [0.15, 0.2) is 35.3 Å². The van der Waals surface area contributed by atoms with Crippen LogP contribution < -0.4 is 5.32 Å². The number of hydrogen-bond acceptors (Lipinski definition) is 6. The Morgan fingerprint density at radius 2 is 2.11 bits per heavy atom. The van der Waals surface area contributed by atoms with Crippen molar-refractivity contribution in [2.75, 3.05) is 13.7 Å². The molecule has 0 saturated carbocycles.